The number of H-pyrrole nitrogens is 1. The monoisotopic (exact) mass is 367 g/mol. The molecule has 0 fully saturated rings. The Morgan fingerprint density at radius 1 is 1.22 bits per heavy atom. The second kappa shape index (κ2) is 6.85. The molecule has 7 heteroatoms. The lowest BCUT2D eigenvalue weighted by atomic mass is 9.95. The van der Waals surface area contributed by atoms with Gasteiger partial charge in [-0.2, -0.15) is 5.10 Å². The lowest BCUT2D eigenvalue weighted by Crippen LogP contribution is -2.33. The first kappa shape index (κ1) is 17.2. The van der Waals surface area contributed by atoms with Crippen molar-refractivity contribution in [3.63, 3.8) is 0 Å². The Morgan fingerprint density at radius 3 is 2.70 bits per heavy atom. The first-order chi connectivity index (χ1) is 13.1. The number of phenolic OH excluding ortho intramolecular Hbond substituents is 1. The molecule has 27 heavy (non-hydrogen) atoms. The number of aromatic nitrogens is 2. The molecule has 2 N–H and O–H groups in total. The van der Waals surface area contributed by atoms with Gasteiger partial charge in [0.1, 0.15) is 23.0 Å². The average molecular weight is 367 g/mol. The number of nitrogens with one attached hydrogen (secondary N) is 1. The summed E-state index contributed by atoms with van der Waals surface area (Å²) >= 11 is 0. The highest BCUT2D eigenvalue weighted by molar-refractivity contribution is 6.00. The first-order valence-electron chi connectivity index (χ1n) is 8.54. The molecule has 1 aliphatic rings. The predicted molar refractivity (Wildman–Crippen MR) is 96.8 cm³/mol. The highest BCUT2D eigenvalue weighted by Crippen LogP contribution is 2.44. The SMILES string of the molecule is COCCN1C(=O)c2[nH]nc(-c3ccccc3O)c2C1c1ccccc1F. The molecule has 1 aliphatic heterocycles. The van der Waals surface area contributed by atoms with E-state index < -0.39 is 11.9 Å². The Hall–Kier alpha value is -3.19. The molecule has 138 valence electrons. The van der Waals surface area contributed by atoms with Crippen LogP contribution >= 0.6 is 0 Å². The van der Waals surface area contributed by atoms with Gasteiger partial charge in [-0.25, -0.2) is 4.39 Å². The van der Waals surface area contributed by atoms with E-state index in [4.69, 9.17) is 4.74 Å². The zero-order valence-electron chi connectivity index (χ0n) is 14.6. The van der Waals surface area contributed by atoms with Crippen molar-refractivity contribution >= 4 is 5.91 Å². The fourth-order valence-corrected chi connectivity index (χ4v) is 3.52. The molecule has 6 nitrogen and oxygen atoms in total. The number of hydrogen-bond acceptors (Lipinski definition) is 4. The zero-order valence-corrected chi connectivity index (χ0v) is 14.6. The Labute approximate surface area is 155 Å². The lowest BCUT2D eigenvalue weighted by molar-refractivity contribution is 0.0675. The summed E-state index contributed by atoms with van der Waals surface area (Å²) in [7, 11) is 1.55. The minimum atomic E-state index is -0.655. The van der Waals surface area contributed by atoms with E-state index in [1.54, 1.807) is 54.5 Å². The lowest BCUT2D eigenvalue weighted by Gasteiger charge is -2.26. The summed E-state index contributed by atoms with van der Waals surface area (Å²) in [6.45, 7) is 0.622. The number of carbonyl (C=O) groups excluding carboxylic acids is 1. The van der Waals surface area contributed by atoms with E-state index in [0.29, 0.717) is 41.2 Å². The number of nitrogens with zero attached hydrogens (tertiary/aromatic N) is 2. The van der Waals surface area contributed by atoms with Gasteiger partial charge >= 0.3 is 0 Å². The molecule has 1 amide bonds. The van der Waals surface area contributed by atoms with Gasteiger partial charge in [0.15, 0.2) is 0 Å². The number of halogens is 1. The minimum Gasteiger partial charge on any atom is -0.507 e. The number of benzene rings is 2. The fourth-order valence-electron chi connectivity index (χ4n) is 3.52. The molecular weight excluding hydrogens is 349 g/mol. The molecule has 0 aliphatic carbocycles. The number of para-hydroxylation sites is 1. The Morgan fingerprint density at radius 2 is 1.96 bits per heavy atom. The van der Waals surface area contributed by atoms with E-state index in [-0.39, 0.29) is 11.7 Å². The third-order valence-electron chi connectivity index (χ3n) is 4.76. The van der Waals surface area contributed by atoms with Crippen molar-refractivity contribution in [2.45, 2.75) is 6.04 Å². The molecule has 3 aromatic rings. The van der Waals surface area contributed by atoms with Crippen molar-refractivity contribution in [2.24, 2.45) is 0 Å². The van der Waals surface area contributed by atoms with Gasteiger partial charge in [0.25, 0.3) is 5.91 Å². The molecule has 0 spiro atoms. The Kier molecular flexibility index (Phi) is 4.37. The third-order valence-corrected chi connectivity index (χ3v) is 4.76. The van der Waals surface area contributed by atoms with Crippen LogP contribution in [0.25, 0.3) is 11.3 Å². The molecule has 1 atom stereocenters. The molecule has 0 radical (unpaired) electrons. The molecule has 4 rings (SSSR count). The number of aromatic amines is 1. The number of rotatable bonds is 5. The quantitative estimate of drug-likeness (QED) is 0.726. The Balaban J connectivity index is 1.91. The number of amides is 1. The van der Waals surface area contributed by atoms with Crippen LogP contribution in [-0.4, -0.2) is 46.4 Å². The second-order valence-corrected chi connectivity index (χ2v) is 6.29. The molecule has 0 bridgehead atoms. The van der Waals surface area contributed by atoms with Gasteiger partial charge in [-0.05, 0) is 18.2 Å². The van der Waals surface area contributed by atoms with Crippen LogP contribution in [0.4, 0.5) is 4.39 Å². The number of methoxy groups -OCH3 is 1. The maximum absolute atomic E-state index is 14.6. The van der Waals surface area contributed by atoms with Crippen LogP contribution in [0.5, 0.6) is 5.75 Å². The molecule has 1 aromatic heterocycles. The topological polar surface area (TPSA) is 78.5 Å². The van der Waals surface area contributed by atoms with Crippen LogP contribution in [0.1, 0.15) is 27.7 Å². The maximum atomic E-state index is 14.6. The van der Waals surface area contributed by atoms with Crippen molar-refractivity contribution in [1.82, 2.24) is 15.1 Å². The smallest absolute Gasteiger partial charge is 0.273 e. The number of carbonyl (C=O) groups is 1. The van der Waals surface area contributed by atoms with Crippen molar-refractivity contribution in [3.05, 3.63) is 71.2 Å². The first-order valence-corrected chi connectivity index (χ1v) is 8.54. The molecule has 2 aromatic carbocycles. The molecule has 0 saturated heterocycles. The summed E-state index contributed by atoms with van der Waals surface area (Å²) in [6.07, 6.45) is 0. The normalized spacial score (nSPS) is 16.0. The van der Waals surface area contributed by atoms with E-state index in [1.165, 1.54) is 6.07 Å². The molecule has 2 heterocycles. The second-order valence-electron chi connectivity index (χ2n) is 6.29. The maximum Gasteiger partial charge on any atom is 0.273 e. The van der Waals surface area contributed by atoms with Crippen LogP contribution in [0, 0.1) is 5.82 Å². The van der Waals surface area contributed by atoms with Gasteiger partial charge in [0.2, 0.25) is 0 Å². The average Bonchev–Trinajstić information content (AvgIpc) is 3.20. The summed E-state index contributed by atoms with van der Waals surface area (Å²) in [4.78, 5) is 14.5. The highest BCUT2D eigenvalue weighted by Gasteiger charge is 2.43. The van der Waals surface area contributed by atoms with Crippen LogP contribution in [0.3, 0.4) is 0 Å². The van der Waals surface area contributed by atoms with Gasteiger partial charge in [-0.15, -0.1) is 0 Å². The van der Waals surface area contributed by atoms with Crippen LogP contribution in [0.15, 0.2) is 48.5 Å². The van der Waals surface area contributed by atoms with Crippen molar-refractivity contribution < 1.29 is 19.0 Å². The summed E-state index contributed by atoms with van der Waals surface area (Å²) in [5.74, 6) is -0.638. The fraction of sp³-hybridized carbons (Fsp3) is 0.200. The van der Waals surface area contributed by atoms with Crippen molar-refractivity contribution in [2.75, 3.05) is 20.3 Å². The number of aromatic hydroxyl groups is 1. The molecule has 0 saturated carbocycles. The van der Waals surface area contributed by atoms with E-state index in [2.05, 4.69) is 10.2 Å². The van der Waals surface area contributed by atoms with E-state index in [0.717, 1.165) is 0 Å². The number of phenols is 1. The van der Waals surface area contributed by atoms with Crippen LogP contribution < -0.4 is 0 Å². The zero-order chi connectivity index (χ0) is 19.0. The van der Waals surface area contributed by atoms with Crippen LogP contribution in [0.2, 0.25) is 0 Å². The number of ether oxygens (including phenoxy) is 1. The highest BCUT2D eigenvalue weighted by atomic mass is 19.1. The van der Waals surface area contributed by atoms with Gasteiger partial charge in [0, 0.05) is 30.3 Å². The third kappa shape index (κ3) is 2.76. The summed E-state index contributed by atoms with van der Waals surface area (Å²) < 4.78 is 19.8. The van der Waals surface area contributed by atoms with Gasteiger partial charge < -0.3 is 14.7 Å². The summed E-state index contributed by atoms with van der Waals surface area (Å²) in [5, 5.41) is 17.3. The van der Waals surface area contributed by atoms with E-state index >= 15 is 0 Å². The van der Waals surface area contributed by atoms with E-state index in [1.807, 2.05) is 0 Å². The summed E-state index contributed by atoms with van der Waals surface area (Å²) in [5.41, 5.74) is 2.15. The predicted octanol–water partition coefficient (Wildman–Crippen LogP) is 3.11. The standard InChI is InChI=1S/C20H18FN3O3/c1-27-11-10-24-19(12-6-2-4-8-14(12)21)16-17(22-23-18(16)20(24)26)13-7-3-5-9-15(13)25/h2-9,19,25H,10-11H2,1H3,(H,22,23). The minimum absolute atomic E-state index is 0.0434. The molecular formula is C20H18FN3O3. The molecule has 1 unspecified atom stereocenters. The van der Waals surface area contributed by atoms with E-state index in [9.17, 15) is 14.3 Å². The van der Waals surface area contributed by atoms with Gasteiger partial charge in [0.05, 0.1) is 12.6 Å². The number of fused-ring (bicyclic) bond motifs is 1. The van der Waals surface area contributed by atoms with Crippen molar-refractivity contribution in [1.29, 1.82) is 0 Å². The summed E-state index contributed by atoms with van der Waals surface area (Å²) in [6, 6.07) is 12.4. The van der Waals surface area contributed by atoms with Gasteiger partial charge in [-0.1, -0.05) is 30.3 Å². The van der Waals surface area contributed by atoms with Gasteiger partial charge in [-0.3, -0.25) is 9.89 Å². The van der Waals surface area contributed by atoms with Crippen LogP contribution in [-0.2, 0) is 4.74 Å². The number of hydrogen-bond donors (Lipinski definition) is 2. The van der Waals surface area contributed by atoms with Crippen molar-refractivity contribution in [3.8, 4) is 17.0 Å². The largest absolute Gasteiger partial charge is 0.507 e. The Bertz CT molecular complexity index is 1000.